The predicted octanol–water partition coefficient (Wildman–Crippen LogP) is 10.1. The summed E-state index contributed by atoms with van der Waals surface area (Å²) in [5.74, 6) is 3.77. The molecule has 45 heavy (non-hydrogen) atoms. The summed E-state index contributed by atoms with van der Waals surface area (Å²) in [5.41, 5.74) is 4.54. The molecule has 0 amide bonds. The van der Waals surface area contributed by atoms with Gasteiger partial charge in [0.15, 0.2) is 11.6 Å². The van der Waals surface area contributed by atoms with Crippen molar-refractivity contribution in [3.8, 4) is 34.5 Å². The normalized spacial score (nSPS) is 10.6. The number of hydrogen-bond acceptors (Lipinski definition) is 5. The average Bonchev–Trinajstić information content (AvgIpc) is 3.08. The Kier molecular flexibility index (Phi) is 8.51. The lowest BCUT2D eigenvalue weighted by atomic mass is 10.0. The second-order valence-corrected chi connectivity index (χ2v) is 10.7. The molecule has 0 bridgehead atoms. The topological polar surface area (TPSA) is 61.8 Å². The van der Waals surface area contributed by atoms with Crippen LogP contribution in [0.25, 0.3) is 0 Å². The van der Waals surface area contributed by atoms with Gasteiger partial charge in [-0.25, -0.2) is 0 Å². The molecule has 0 N–H and O–H groups in total. The van der Waals surface area contributed by atoms with Crippen LogP contribution in [0.5, 0.6) is 34.5 Å². The number of rotatable bonds is 10. The summed E-state index contributed by atoms with van der Waals surface area (Å²) in [4.78, 5) is 26.1. The number of ether oxygens (including phenoxy) is 3. The first-order valence-electron chi connectivity index (χ1n) is 14.6. The van der Waals surface area contributed by atoms with Crippen LogP contribution in [0.1, 0.15) is 43.0 Å². The van der Waals surface area contributed by atoms with E-state index in [1.165, 1.54) is 0 Å². The van der Waals surface area contributed by atoms with E-state index in [-0.39, 0.29) is 11.6 Å². The molecular weight excluding hydrogens is 560 g/mol. The Hall–Kier alpha value is -5.94. The second kappa shape index (κ2) is 13.1. The molecule has 0 fully saturated rings. The molecular formula is C40H30O5. The summed E-state index contributed by atoms with van der Waals surface area (Å²) >= 11 is 0. The van der Waals surface area contributed by atoms with Crippen molar-refractivity contribution in [1.29, 1.82) is 0 Å². The highest BCUT2D eigenvalue weighted by atomic mass is 16.5. The Labute approximate surface area is 262 Å². The van der Waals surface area contributed by atoms with E-state index in [0.29, 0.717) is 45.3 Å². The minimum Gasteiger partial charge on any atom is -0.457 e. The average molecular weight is 591 g/mol. The fraction of sp³-hybridized carbons (Fsp3) is 0.0500. The van der Waals surface area contributed by atoms with E-state index >= 15 is 0 Å². The summed E-state index contributed by atoms with van der Waals surface area (Å²) in [7, 11) is 0. The largest absolute Gasteiger partial charge is 0.457 e. The maximum Gasteiger partial charge on any atom is 0.193 e. The van der Waals surface area contributed by atoms with Crippen LogP contribution in [0.4, 0.5) is 0 Å². The molecule has 0 aliphatic carbocycles. The van der Waals surface area contributed by atoms with Gasteiger partial charge in [0, 0.05) is 22.3 Å². The third-order valence-corrected chi connectivity index (χ3v) is 7.22. The molecule has 0 heterocycles. The van der Waals surface area contributed by atoms with Crippen molar-refractivity contribution in [3.05, 3.63) is 179 Å². The van der Waals surface area contributed by atoms with Gasteiger partial charge in [0.25, 0.3) is 0 Å². The van der Waals surface area contributed by atoms with Crippen LogP contribution >= 0.6 is 0 Å². The lowest BCUT2D eigenvalue weighted by Crippen LogP contribution is -2.01. The lowest BCUT2D eigenvalue weighted by molar-refractivity contribution is 0.103. The molecule has 0 aromatic heterocycles. The summed E-state index contributed by atoms with van der Waals surface area (Å²) in [6, 6.07) is 43.7. The minimum absolute atomic E-state index is 0.0963. The Bertz CT molecular complexity index is 1760. The number of ketones is 2. The van der Waals surface area contributed by atoms with Crippen molar-refractivity contribution in [1.82, 2.24) is 0 Å². The monoisotopic (exact) mass is 590 g/mol. The van der Waals surface area contributed by atoms with Gasteiger partial charge < -0.3 is 14.2 Å². The fourth-order valence-corrected chi connectivity index (χ4v) is 4.65. The van der Waals surface area contributed by atoms with Gasteiger partial charge in [0.05, 0.1) is 0 Å². The third-order valence-electron chi connectivity index (χ3n) is 7.22. The molecule has 0 saturated heterocycles. The molecule has 0 aliphatic heterocycles. The molecule has 5 nitrogen and oxygen atoms in total. The maximum atomic E-state index is 13.0. The molecule has 0 spiro atoms. The van der Waals surface area contributed by atoms with E-state index in [9.17, 15) is 9.59 Å². The minimum atomic E-state index is -0.0963. The van der Waals surface area contributed by atoms with Gasteiger partial charge in [-0.15, -0.1) is 0 Å². The third kappa shape index (κ3) is 7.35. The molecule has 0 atom stereocenters. The number of hydrogen-bond donors (Lipinski definition) is 0. The van der Waals surface area contributed by atoms with Crippen LogP contribution in [0.3, 0.4) is 0 Å². The van der Waals surface area contributed by atoms with E-state index in [0.717, 1.165) is 22.6 Å². The molecule has 6 rings (SSSR count). The molecule has 0 aliphatic rings. The zero-order chi connectivity index (χ0) is 31.2. The number of carbonyl (C=O) groups excluding carboxylic acids is 2. The van der Waals surface area contributed by atoms with Crippen molar-refractivity contribution in [2.45, 2.75) is 13.8 Å². The molecule has 220 valence electrons. The van der Waals surface area contributed by atoms with Crippen LogP contribution in [0.2, 0.25) is 0 Å². The van der Waals surface area contributed by atoms with E-state index < -0.39 is 0 Å². The van der Waals surface area contributed by atoms with E-state index in [2.05, 4.69) is 0 Å². The van der Waals surface area contributed by atoms with Crippen molar-refractivity contribution in [2.75, 3.05) is 0 Å². The Morgan fingerprint density at radius 1 is 0.311 bits per heavy atom. The SMILES string of the molecule is Cc1ccc(Oc2ccc(C(=O)c3ccc(Oc4ccc(C(=O)c5ccc(Oc6ccc(C)cc6)cc5)cc4)cc3)cc2)cc1. The summed E-state index contributed by atoms with van der Waals surface area (Å²) < 4.78 is 17.7. The highest BCUT2D eigenvalue weighted by molar-refractivity contribution is 6.09. The second-order valence-electron chi connectivity index (χ2n) is 10.7. The number of aryl methyl sites for hydroxylation is 2. The predicted molar refractivity (Wildman–Crippen MR) is 175 cm³/mol. The zero-order valence-electron chi connectivity index (χ0n) is 24.9. The van der Waals surface area contributed by atoms with Crippen LogP contribution in [0, 0.1) is 13.8 Å². The van der Waals surface area contributed by atoms with Crippen molar-refractivity contribution < 1.29 is 23.8 Å². The van der Waals surface area contributed by atoms with Gasteiger partial charge >= 0.3 is 0 Å². The van der Waals surface area contributed by atoms with Crippen molar-refractivity contribution >= 4 is 11.6 Å². The maximum absolute atomic E-state index is 13.0. The lowest BCUT2D eigenvalue weighted by Gasteiger charge is -2.09. The Morgan fingerprint density at radius 3 is 0.689 bits per heavy atom. The smallest absolute Gasteiger partial charge is 0.193 e. The molecule has 6 aromatic rings. The molecule has 0 saturated carbocycles. The van der Waals surface area contributed by atoms with Crippen LogP contribution in [-0.4, -0.2) is 11.6 Å². The van der Waals surface area contributed by atoms with Crippen LogP contribution in [0.15, 0.2) is 146 Å². The fourth-order valence-electron chi connectivity index (χ4n) is 4.65. The molecule has 5 heteroatoms. The van der Waals surface area contributed by atoms with E-state index in [4.69, 9.17) is 14.2 Å². The van der Waals surface area contributed by atoms with Crippen molar-refractivity contribution in [2.24, 2.45) is 0 Å². The first-order chi connectivity index (χ1) is 21.9. The van der Waals surface area contributed by atoms with Crippen LogP contribution in [-0.2, 0) is 0 Å². The Morgan fingerprint density at radius 2 is 0.489 bits per heavy atom. The van der Waals surface area contributed by atoms with E-state index in [1.807, 2.05) is 62.4 Å². The Balaban J connectivity index is 1.04. The first kappa shape index (κ1) is 29.1. The number of carbonyl (C=O) groups is 2. The summed E-state index contributed by atoms with van der Waals surface area (Å²) in [5, 5.41) is 0. The zero-order valence-corrected chi connectivity index (χ0v) is 24.9. The summed E-state index contributed by atoms with van der Waals surface area (Å²) in [6.07, 6.45) is 0. The van der Waals surface area contributed by atoms with Crippen LogP contribution < -0.4 is 14.2 Å². The highest BCUT2D eigenvalue weighted by Gasteiger charge is 2.12. The standard InChI is InChI=1S/C40H30O5/c1-27-3-15-33(16-4-27)43-35-19-7-29(8-20-35)39(41)31-11-23-37(24-12-31)45-38-25-13-32(14-26-38)40(42)30-9-21-36(22-10-30)44-34-17-5-28(2)6-18-34/h3-26H,1-2H3. The first-order valence-corrected chi connectivity index (χ1v) is 14.6. The molecule has 0 radical (unpaired) electrons. The van der Waals surface area contributed by atoms with Gasteiger partial charge in [-0.3, -0.25) is 9.59 Å². The highest BCUT2D eigenvalue weighted by Crippen LogP contribution is 2.27. The van der Waals surface area contributed by atoms with Gasteiger partial charge in [0.1, 0.15) is 34.5 Å². The van der Waals surface area contributed by atoms with Gasteiger partial charge in [0.2, 0.25) is 0 Å². The van der Waals surface area contributed by atoms with Gasteiger partial charge in [-0.1, -0.05) is 35.4 Å². The molecule has 0 unspecified atom stereocenters. The van der Waals surface area contributed by atoms with Gasteiger partial charge in [-0.05, 0) is 135 Å². The number of benzene rings is 6. The van der Waals surface area contributed by atoms with Crippen molar-refractivity contribution in [3.63, 3.8) is 0 Å². The molecule has 6 aromatic carbocycles. The van der Waals surface area contributed by atoms with E-state index in [1.54, 1.807) is 97.1 Å². The van der Waals surface area contributed by atoms with Gasteiger partial charge in [-0.2, -0.15) is 0 Å². The quantitative estimate of drug-likeness (QED) is 0.149. The summed E-state index contributed by atoms with van der Waals surface area (Å²) in [6.45, 7) is 4.05.